The molecular weight excluding hydrogens is 283 g/mol. The van der Waals surface area contributed by atoms with E-state index in [0.29, 0.717) is 11.3 Å². The number of carboxylic acids is 1. The van der Waals surface area contributed by atoms with Crippen LogP contribution in [0.4, 0.5) is 10.1 Å². The van der Waals surface area contributed by atoms with E-state index in [2.05, 4.69) is 10.5 Å². The number of benzene rings is 2. The topological polar surface area (TPSA) is 61.7 Å². The van der Waals surface area contributed by atoms with Crippen LogP contribution in [-0.4, -0.2) is 17.3 Å². The number of hydrazone groups is 1. The zero-order valence-electron chi connectivity index (χ0n) is 10.2. The molecule has 2 rings (SSSR count). The van der Waals surface area contributed by atoms with Gasteiger partial charge in [0.25, 0.3) is 0 Å². The van der Waals surface area contributed by atoms with Gasteiger partial charge in [0.05, 0.1) is 22.5 Å². The average molecular weight is 293 g/mol. The molecule has 0 aliphatic rings. The summed E-state index contributed by atoms with van der Waals surface area (Å²) in [5.41, 5.74) is 3.88. The Kier molecular flexibility index (Phi) is 4.32. The van der Waals surface area contributed by atoms with Crippen molar-refractivity contribution in [1.82, 2.24) is 0 Å². The first-order valence-corrected chi connectivity index (χ1v) is 6.01. The third-order valence-electron chi connectivity index (χ3n) is 2.47. The highest BCUT2D eigenvalue weighted by atomic mass is 35.5. The van der Waals surface area contributed by atoms with Crippen LogP contribution in [0.5, 0.6) is 0 Å². The molecule has 0 radical (unpaired) electrons. The molecule has 0 heterocycles. The van der Waals surface area contributed by atoms with Gasteiger partial charge in [-0.3, -0.25) is 5.43 Å². The number of hydrogen-bond acceptors (Lipinski definition) is 3. The molecule has 2 aromatic rings. The van der Waals surface area contributed by atoms with Crippen LogP contribution in [0, 0.1) is 5.82 Å². The third kappa shape index (κ3) is 3.55. The molecule has 0 fully saturated rings. The maximum absolute atomic E-state index is 12.7. The molecule has 0 unspecified atom stereocenters. The smallest absolute Gasteiger partial charge is 0.337 e. The largest absolute Gasteiger partial charge is 0.478 e. The van der Waals surface area contributed by atoms with E-state index >= 15 is 0 Å². The van der Waals surface area contributed by atoms with Gasteiger partial charge in [-0.2, -0.15) is 5.10 Å². The SMILES string of the molecule is O=C(O)c1cc(N/N=C\c2ccc(F)cc2)ccc1Cl. The highest BCUT2D eigenvalue weighted by Gasteiger charge is 2.08. The summed E-state index contributed by atoms with van der Waals surface area (Å²) in [7, 11) is 0. The molecule has 0 saturated carbocycles. The van der Waals surface area contributed by atoms with Crippen LogP contribution in [-0.2, 0) is 0 Å². The van der Waals surface area contributed by atoms with Gasteiger partial charge >= 0.3 is 5.97 Å². The van der Waals surface area contributed by atoms with Gasteiger partial charge in [0, 0.05) is 0 Å². The van der Waals surface area contributed by atoms with Crippen molar-refractivity contribution in [1.29, 1.82) is 0 Å². The lowest BCUT2D eigenvalue weighted by Crippen LogP contribution is -1.99. The number of aromatic carboxylic acids is 1. The zero-order chi connectivity index (χ0) is 14.5. The van der Waals surface area contributed by atoms with Crippen LogP contribution in [0.25, 0.3) is 0 Å². The second-order valence-corrected chi connectivity index (χ2v) is 4.33. The molecule has 0 aliphatic carbocycles. The molecule has 0 aliphatic heterocycles. The number of carbonyl (C=O) groups is 1. The van der Waals surface area contributed by atoms with E-state index in [4.69, 9.17) is 16.7 Å². The highest BCUT2D eigenvalue weighted by molar-refractivity contribution is 6.33. The number of rotatable bonds is 4. The summed E-state index contributed by atoms with van der Waals surface area (Å²) in [5, 5.41) is 13.0. The molecule has 20 heavy (non-hydrogen) atoms. The van der Waals surface area contributed by atoms with Gasteiger partial charge < -0.3 is 5.11 Å². The monoisotopic (exact) mass is 292 g/mol. The van der Waals surface area contributed by atoms with Crippen LogP contribution in [0.15, 0.2) is 47.6 Å². The molecule has 102 valence electrons. The van der Waals surface area contributed by atoms with Gasteiger partial charge in [0.15, 0.2) is 0 Å². The van der Waals surface area contributed by atoms with E-state index in [1.165, 1.54) is 30.5 Å². The van der Waals surface area contributed by atoms with Crippen molar-refractivity contribution >= 4 is 29.5 Å². The first kappa shape index (κ1) is 14.0. The Labute approximate surface area is 119 Å². The predicted molar refractivity (Wildman–Crippen MR) is 76.0 cm³/mol. The van der Waals surface area contributed by atoms with Crippen molar-refractivity contribution in [3.8, 4) is 0 Å². The van der Waals surface area contributed by atoms with Crippen LogP contribution in [0.3, 0.4) is 0 Å². The van der Waals surface area contributed by atoms with E-state index in [1.54, 1.807) is 18.2 Å². The Bertz CT molecular complexity index is 657. The average Bonchev–Trinajstić information content (AvgIpc) is 2.42. The summed E-state index contributed by atoms with van der Waals surface area (Å²) in [5.74, 6) is -1.43. The van der Waals surface area contributed by atoms with E-state index in [-0.39, 0.29) is 16.4 Å². The second-order valence-electron chi connectivity index (χ2n) is 3.92. The summed E-state index contributed by atoms with van der Waals surface area (Å²) < 4.78 is 12.7. The fourth-order valence-electron chi connectivity index (χ4n) is 1.49. The predicted octanol–water partition coefficient (Wildman–Crippen LogP) is 3.62. The van der Waals surface area contributed by atoms with Gasteiger partial charge in [-0.15, -0.1) is 0 Å². The van der Waals surface area contributed by atoms with Crippen molar-refractivity contribution in [2.75, 3.05) is 5.43 Å². The number of halogens is 2. The van der Waals surface area contributed by atoms with Crippen molar-refractivity contribution in [2.24, 2.45) is 5.10 Å². The van der Waals surface area contributed by atoms with Gasteiger partial charge in [0.1, 0.15) is 5.82 Å². The Balaban J connectivity index is 2.09. The lowest BCUT2D eigenvalue weighted by molar-refractivity contribution is 0.0697. The minimum absolute atomic E-state index is 0.00588. The maximum atomic E-state index is 12.7. The summed E-state index contributed by atoms with van der Waals surface area (Å²) in [6.45, 7) is 0. The van der Waals surface area contributed by atoms with Crippen LogP contribution < -0.4 is 5.43 Å². The molecule has 0 bridgehead atoms. The van der Waals surface area contributed by atoms with Gasteiger partial charge in [-0.05, 0) is 35.9 Å². The minimum atomic E-state index is -1.11. The van der Waals surface area contributed by atoms with Crippen LogP contribution in [0.2, 0.25) is 5.02 Å². The maximum Gasteiger partial charge on any atom is 0.337 e. The Morgan fingerprint density at radius 3 is 2.60 bits per heavy atom. The van der Waals surface area contributed by atoms with Crippen molar-refractivity contribution in [2.45, 2.75) is 0 Å². The molecule has 0 aromatic heterocycles. The normalized spacial score (nSPS) is 10.7. The van der Waals surface area contributed by atoms with Crippen molar-refractivity contribution in [3.05, 3.63) is 64.4 Å². The van der Waals surface area contributed by atoms with Gasteiger partial charge in [0.2, 0.25) is 0 Å². The van der Waals surface area contributed by atoms with Gasteiger partial charge in [-0.1, -0.05) is 23.7 Å². The highest BCUT2D eigenvalue weighted by Crippen LogP contribution is 2.20. The molecule has 2 N–H and O–H groups in total. The van der Waals surface area contributed by atoms with E-state index in [1.807, 2.05) is 0 Å². The molecule has 0 amide bonds. The number of nitrogens with one attached hydrogen (secondary N) is 1. The fourth-order valence-corrected chi connectivity index (χ4v) is 1.69. The molecular formula is C14H10ClFN2O2. The van der Waals surface area contributed by atoms with Crippen molar-refractivity contribution < 1.29 is 14.3 Å². The Hall–Kier alpha value is -2.40. The quantitative estimate of drug-likeness (QED) is 0.668. The first-order chi connectivity index (χ1) is 9.56. The molecule has 0 saturated heterocycles. The summed E-state index contributed by atoms with van der Waals surface area (Å²) in [4.78, 5) is 10.9. The number of anilines is 1. The number of carboxylic acid groups (broad SMARTS) is 1. The first-order valence-electron chi connectivity index (χ1n) is 5.64. The van der Waals surface area contributed by atoms with E-state index in [9.17, 15) is 9.18 Å². The van der Waals surface area contributed by atoms with Gasteiger partial charge in [-0.25, -0.2) is 9.18 Å². The zero-order valence-corrected chi connectivity index (χ0v) is 10.9. The van der Waals surface area contributed by atoms with E-state index < -0.39 is 5.97 Å². The Morgan fingerprint density at radius 2 is 1.95 bits per heavy atom. The molecule has 0 atom stereocenters. The summed E-state index contributed by atoms with van der Waals surface area (Å²) >= 11 is 5.75. The number of hydrogen-bond donors (Lipinski definition) is 2. The fraction of sp³-hybridized carbons (Fsp3) is 0. The molecule has 6 heteroatoms. The Morgan fingerprint density at radius 1 is 1.25 bits per heavy atom. The number of nitrogens with zero attached hydrogens (tertiary/aromatic N) is 1. The van der Waals surface area contributed by atoms with Crippen molar-refractivity contribution in [3.63, 3.8) is 0 Å². The van der Waals surface area contributed by atoms with Crippen LogP contribution in [0.1, 0.15) is 15.9 Å². The third-order valence-corrected chi connectivity index (χ3v) is 2.80. The molecule has 2 aromatic carbocycles. The second kappa shape index (κ2) is 6.16. The van der Waals surface area contributed by atoms with Crippen LogP contribution >= 0.6 is 11.6 Å². The minimum Gasteiger partial charge on any atom is -0.478 e. The van der Waals surface area contributed by atoms with E-state index in [0.717, 1.165) is 0 Å². The lowest BCUT2D eigenvalue weighted by atomic mass is 10.2. The summed E-state index contributed by atoms with van der Waals surface area (Å²) in [6, 6.07) is 10.3. The standard InChI is InChI=1S/C14H10ClFN2O2/c15-13-6-5-11(7-12(13)14(19)20)18-17-8-9-1-3-10(16)4-2-9/h1-8,18H,(H,19,20)/b17-8-. The molecule has 0 spiro atoms. The summed E-state index contributed by atoms with van der Waals surface area (Å²) in [6.07, 6.45) is 1.49. The lowest BCUT2D eigenvalue weighted by Gasteiger charge is -2.03. The molecule has 4 nitrogen and oxygen atoms in total.